The van der Waals surface area contributed by atoms with Crippen molar-refractivity contribution in [3.63, 3.8) is 0 Å². The molecule has 0 fully saturated rings. The number of carbonyl (C=O) groups excluding carboxylic acids is 1. The van der Waals surface area contributed by atoms with Crippen LogP contribution in [0.5, 0.6) is 0 Å². The van der Waals surface area contributed by atoms with Gasteiger partial charge in [-0.2, -0.15) is 0 Å². The molecule has 0 spiro atoms. The van der Waals surface area contributed by atoms with Crippen molar-refractivity contribution in [2.24, 2.45) is 5.92 Å². The lowest BCUT2D eigenvalue weighted by molar-refractivity contribution is -0.108. The van der Waals surface area contributed by atoms with E-state index in [0.717, 1.165) is 5.57 Å². The average Bonchev–Trinajstić information content (AvgIpc) is 2.47. The second kappa shape index (κ2) is 3.11. The van der Waals surface area contributed by atoms with Crippen molar-refractivity contribution in [3.8, 4) is 0 Å². The van der Waals surface area contributed by atoms with Gasteiger partial charge in [0.2, 0.25) is 5.24 Å². The van der Waals surface area contributed by atoms with Gasteiger partial charge in [-0.3, -0.25) is 4.79 Å². The highest BCUT2D eigenvalue weighted by Crippen LogP contribution is 2.39. The average molecular weight is 199 g/mol. The quantitative estimate of drug-likeness (QED) is 0.603. The second-order valence-corrected chi connectivity index (χ2v) is 4.14. The van der Waals surface area contributed by atoms with E-state index in [1.807, 2.05) is 23.6 Å². The first-order valence-electron chi connectivity index (χ1n) is 3.69. The van der Waals surface area contributed by atoms with Crippen LogP contribution in [0.3, 0.4) is 0 Å². The lowest BCUT2D eigenvalue weighted by Gasteiger charge is -2.15. The first-order chi connectivity index (χ1) is 5.79. The van der Waals surface area contributed by atoms with Crippen molar-refractivity contribution >= 4 is 28.6 Å². The van der Waals surface area contributed by atoms with Crippen molar-refractivity contribution in [2.45, 2.75) is 5.25 Å². The predicted molar refractivity (Wildman–Crippen MR) is 52.1 cm³/mol. The Hall–Kier alpha value is -0.470. The Bertz CT molecular complexity index is 304. The molecule has 1 unspecified atom stereocenters. The number of carbonyl (C=O) groups is 1. The van der Waals surface area contributed by atoms with Crippen LogP contribution in [-0.2, 0) is 4.79 Å². The summed E-state index contributed by atoms with van der Waals surface area (Å²) in [5, 5.41) is 1.92. The summed E-state index contributed by atoms with van der Waals surface area (Å²) in [5.41, 5.74) is 0.729. The molecule has 0 aromatic heterocycles. The molecule has 0 saturated carbocycles. The molecule has 0 saturated heterocycles. The Morgan fingerprint density at radius 1 is 1.42 bits per heavy atom. The van der Waals surface area contributed by atoms with E-state index in [1.165, 1.54) is 0 Å². The molecule has 0 radical (unpaired) electrons. The number of fused-ring (bicyclic) bond motifs is 1. The van der Waals surface area contributed by atoms with Crippen LogP contribution in [0, 0.1) is 5.92 Å². The summed E-state index contributed by atoms with van der Waals surface area (Å²) in [7, 11) is 0. The van der Waals surface area contributed by atoms with E-state index in [9.17, 15) is 4.79 Å². The number of hydrogen-bond acceptors (Lipinski definition) is 2. The molecule has 0 N–H and O–H groups in total. The molecule has 0 aromatic rings. The van der Waals surface area contributed by atoms with Crippen LogP contribution in [0.4, 0.5) is 0 Å². The van der Waals surface area contributed by atoms with Gasteiger partial charge in [-0.25, -0.2) is 0 Å². The molecule has 0 bridgehead atoms. The van der Waals surface area contributed by atoms with Gasteiger partial charge in [0, 0.05) is 16.7 Å². The van der Waals surface area contributed by atoms with Crippen LogP contribution in [0.15, 0.2) is 35.3 Å². The van der Waals surface area contributed by atoms with E-state index in [-0.39, 0.29) is 11.2 Å². The molecule has 2 rings (SSSR count). The largest absolute Gasteiger partial charge is 0.276 e. The zero-order valence-corrected chi connectivity index (χ0v) is 7.81. The molecule has 1 aliphatic carbocycles. The standard InChI is InChI=1S/C9H7ClOS/c10-9(11)7-5-12-8-4-2-1-3-6(7)8/h1-6,8H/t6-,8?/m0/s1. The Labute approximate surface area is 80.2 Å². The highest BCUT2D eigenvalue weighted by atomic mass is 35.5. The van der Waals surface area contributed by atoms with Gasteiger partial charge in [0.15, 0.2) is 0 Å². The summed E-state index contributed by atoms with van der Waals surface area (Å²) in [5.74, 6) is 0.199. The monoisotopic (exact) mass is 198 g/mol. The van der Waals surface area contributed by atoms with Crippen LogP contribution in [-0.4, -0.2) is 10.5 Å². The molecule has 0 aromatic carbocycles. The molecule has 2 atom stereocenters. The third-order valence-corrected chi connectivity index (χ3v) is 3.40. The van der Waals surface area contributed by atoms with Gasteiger partial charge in [-0.05, 0) is 17.0 Å². The lowest BCUT2D eigenvalue weighted by atomic mass is 9.94. The second-order valence-electron chi connectivity index (χ2n) is 2.74. The lowest BCUT2D eigenvalue weighted by Crippen LogP contribution is -2.14. The molecule has 3 heteroatoms. The maximum Gasteiger partial charge on any atom is 0.249 e. The number of allylic oxidation sites excluding steroid dienone is 4. The summed E-state index contributed by atoms with van der Waals surface area (Å²) in [6.07, 6.45) is 8.08. The number of rotatable bonds is 1. The minimum absolute atomic E-state index is 0.199. The summed E-state index contributed by atoms with van der Waals surface area (Å²) in [4.78, 5) is 10.9. The van der Waals surface area contributed by atoms with Gasteiger partial charge in [-0.15, -0.1) is 11.8 Å². The van der Waals surface area contributed by atoms with E-state index >= 15 is 0 Å². The molecule has 12 heavy (non-hydrogen) atoms. The Morgan fingerprint density at radius 3 is 2.92 bits per heavy atom. The van der Waals surface area contributed by atoms with Gasteiger partial charge in [0.25, 0.3) is 0 Å². The van der Waals surface area contributed by atoms with Crippen molar-refractivity contribution in [2.75, 3.05) is 0 Å². The van der Waals surface area contributed by atoms with Crippen molar-refractivity contribution in [1.29, 1.82) is 0 Å². The zero-order chi connectivity index (χ0) is 8.55. The van der Waals surface area contributed by atoms with Crippen LogP contribution < -0.4 is 0 Å². The van der Waals surface area contributed by atoms with E-state index in [2.05, 4.69) is 6.08 Å². The van der Waals surface area contributed by atoms with Crippen LogP contribution in [0.25, 0.3) is 0 Å². The summed E-state index contributed by atoms with van der Waals surface area (Å²) in [6.45, 7) is 0. The summed E-state index contributed by atoms with van der Waals surface area (Å²) in [6, 6.07) is 0. The van der Waals surface area contributed by atoms with Crippen molar-refractivity contribution in [1.82, 2.24) is 0 Å². The number of hydrogen-bond donors (Lipinski definition) is 0. The van der Waals surface area contributed by atoms with Gasteiger partial charge in [0.1, 0.15) is 0 Å². The third kappa shape index (κ3) is 1.25. The fourth-order valence-corrected chi connectivity index (χ4v) is 2.81. The van der Waals surface area contributed by atoms with Crippen LogP contribution in [0.2, 0.25) is 0 Å². The van der Waals surface area contributed by atoms with E-state index in [4.69, 9.17) is 11.6 Å². The highest BCUT2D eigenvalue weighted by Gasteiger charge is 2.30. The summed E-state index contributed by atoms with van der Waals surface area (Å²) < 4.78 is 0. The normalized spacial score (nSPS) is 31.6. The van der Waals surface area contributed by atoms with Gasteiger partial charge in [-0.1, -0.05) is 24.3 Å². The Morgan fingerprint density at radius 2 is 2.17 bits per heavy atom. The van der Waals surface area contributed by atoms with Gasteiger partial charge >= 0.3 is 0 Å². The van der Waals surface area contributed by atoms with Gasteiger partial charge < -0.3 is 0 Å². The van der Waals surface area contributed by atoms with E-state index in [1.54, 1.807) is 11.8 Å². The molecule has 0 amide bonds. The van der Waals surface area contributed by atoms with Crippen LogP contribution in [0.1, 0.15) is 0 Å². The molecule has 62 valence electrons. The first-order valence-corrected chi connectivity index (χ1v) is 5.01. The predicted octanol–water partition coefficient (Wildman–Crippen LogP) is 2.49. The molecule has 2 aliphatic rings. The molecule has 1 heterocycles. The SMILES string of the molecule is O=C(Cl)C1=CSC2C=CC=C[C@@H]12. The fraction of sp³-hybridized carbons (Fsp3) is 0.222. The first kappa shape index (κ1) is 8.14. The highest BCUT2D eigenvalue weighted by molar-refractivity contribution is 8.03. The minimum atomic E-state index is -0.324. The number of thioether (sulfide) groups is 1. The van der Waals surface area contributed by atoms with Crippen LogP contribution >= 0.6 is 23.4 Å². The van der Waals surface area contributed by atoms with Crippen molar-refractivity contribution in [3.05, 3.63) is 35.3 Å². The topological polar surface area (TPSA) is 17.1 Å². The third-order valence-electron chi connectivity index (χ3n) is 2.02. The van der Waals surface area contributed by atoms with E-state index in [0.29, 0.717) is 5.25 Å². The smallest absolute Gasteiger partial charge is 0.249 e. The Balaban J connectivity index is 2.26. The van der Waals surface area contributed by atoms with Crippen molar-refractivity contribution < 1.29 is 4.79 Å². The molecular weight excluding hydrogens is 192 g/mol. The summed E-state index contributed by atoms with van der Waals surface area (Å²) >= 11 is 7.08. The minimum Gasteiger partial charge on any atom is -0.276 e. The van der Waals surface area contributed by atoms with E-state index < -0.39 is 0 Å². The molecular formula is C9H7ClOS. The Kier molecular flexibility index (Phi) is 2.11. The van der Waals surface area contributed by atoms with Gasteiger partial charge in [0.05, 0.1) is 0 Å². The zero-order valence-electron chi connectivity index (χ0n) is 6.24. The molecule has 1 aliphatic heterocycles. The maximum atomic E-state index is 10.9. The maximum absolute atomic E-state index is 10.9. The number of halogens is 1. The fourth-order valence-electron chi connectivity index (χ4n) is 1.41. The molecule has 1 nitrogen and oxygen atoms in total.